The topological polar surface area (TPSA) is 68.0 Å². The number of nitrogens with zero attached hydrogens (tertiary/aromatic N) is 1. The molecule has 4 nitrogen and oxygen atoms in total. The molecule has 2 rings (SSSR count). The average molecular weight is 267 g/mol. The number of nitrogens with two attached hydrogens (primary N) is 1. The predicted molar refractivity (Wildman–Crippen MR) is 74.4 cm³/mol. The van der Waals surface area contributed by atoms with E-state index in [4.69, 9.17) is 5.73 Å². The summed E-state index contributed by atoms with van der Waals surface area (Å²) in [6.45, 7) is 2.11. The Morgan fingerprint density at radius 1 is 1.56 bits per heavy atom. The number of nitrogens with one attached hydrogen (secondary N) is 1. The molecule has 0 spiro atoms. The Morgan fingerprint density at radius 2 is 2.28 bits per heavy atom. The van der Waals surface area contributed by atoms with Crippen molar-refractivity contribution in [3.8, 4) is 0 Å². The van der Waals surface area contributed by atoms with E-state index >= 15 is 0 Å². The number of amides is 1. The van der Waals surface area contributed by atoms with E-state index in [0.29, 0.717) is 17.5 Å². The second-order valence-electron chi connectivity index (χ2n) is 5.11. The van der Waals surface area contributed by atoms with Crippen LogP contribution < -0.4 is 11.1 Å². The van der Waals surface area contributed by atoms with Crippen LogP contribution in [0.5, 0.6) is 0 Å². The second-order valence-corrected chi connectivity index (χ2v) is 6.00. The molecule has 0 unspecified atom stereocenters. The van der Waals surface area contributed by atoms with Gasteiger partial charge >= 0.3 is 0 Å². The lowest BCUT2D eigenvalue weighted by Gasteiger charge is -2.28. The van der Waals surface area contributed by atoms with Crippen LogP contribution in [0.25, 0.3) is 0 Å². The Hall–Kier alpha value is -1.10. The minimum absolute atomic E-state index is 0.0540. The summed E-state index contributed by atoms with van der Waals surface area (Å²) in [5.41, 5.74) is 6.32. The van der Waals surface area contributed by atoms with Gasteiger partial charge in [0.25, 0.3) is 0 Å². The third-order valence-corrected chi connectivity index (χ3v) is 4.38. The number of carbonyl (C=O) groups excluding carboxylic acids is 1. The molecule has 1 saturated carbocycles. The van der Waals surface area contributed by atoms with Crippen LogP contribution in [-0.2, 0) is 11.2 Å². The number of aromatic nitrogens is 1. The van der Waals surface area contributed by atoms with Gasteiger partial charge in [0.15, 0.2) is 5.13 Å². The standard InChI is InChI=1S/C13H21N3OS/c1-9(10-5-3-2-4-6-10)15-12(17)7-11-8-18-13(14)16-11/h8-10H,2-7H2,1H3,(H2,14,16)(H,15,17)/t9-/m0/s1. The highest BCUT2D eigenvalue weighted by molar-refractivity contribution is 7.13. The summed E-state index contributed by atoms with van der Waals surface area (Å²) in [7, 11) is 0. The Labute approximate surface area is 112 Å². The van der Waals surface area contributed by atoms with E-state index in [1.165, 1.54) is 43.4 Å². The van der Waals surface area contributed by atoms with Crippen molar-refractivity contribution in [1.82, 2.24) is 10.3 Å². The zero-order valence-corrected chi connectivity index (χ0v) is 11.6. The summed E-state index contributed by atoms with van der Waals surface area (Å²) in [6, 6.07) is 0.272. The first-order valence-corrected chi connectivity index (χ1v) is 7.52. The van der Waals surface area contributed by atoms with Gasteiger partial charge in [0.05, 0.1) is 12.1 Å². The van der Waals surface area contributed by atoms with E-state index in [1.807, 2.05) is 5.38 Å². The molecule has 1 heterocycles. The highest BCUT2D eigenvalue weighted by Gasteiger charge is 2.21. The summed E-state index contributed by atoms with van der Waals surface area (Å²) in [6.07, 6.45) is 6.76. The molecule has 0 aliphatic heterocycles. The van der Waals surface area contributed by atoms with Crippen molar-refractivity contribution in [2.24, 2.45) is 5.92 Å². The van der Waals surface area contributed by atoms with Crippen molar-refractivity contribution in [3.63, 3.8) is 0 Å². The molecule has 1 atom stereocenters. The molecule has 0 radical (unpaired) electrons. The van der Waals surface area contributed by atoms with Crippen molar-refractivity contribution >= 4 is 22.4 Å². The maximum atomic E-state index is 11.9. The minimum Gasteiger partial charge on any atom is -0.375 e. The molecular weight excluding hydrogens is 246 g/mol. The fourth-order valence-corrected chi connectivity index (χ4v) is 3.19. The molecule has 0 saturated heterocycles. The number of rotatable bonds is 4. The van der Waals surface area contributed by atoms with Gasteiger partial charge in [-0.2, -0.15) is 0 Å². The molecule has 0 bridgehead atoms. The number of thiazole rings is 1. The highest BCUT2D eigenvalue weighted by atomic mass is 32.1. The van der Waals surface area contributed by atoms with Crippen LogP contribution in [-0.4, -0.2) is 16.9 Å². The van der Waals surface area contributed by atoms with Gasteiger partial charge < -0.3 is 11.1 Å². The maximum Gasteiger partial charge on any atom is 0.226 e. The van der Waals surface area contributed by atoms with Crippen molar-refractivity contribution in [2.45, 2.75) is 51.5 Å². The number of nitrogen functional groups attached to an aromatic ring is 1. The van der Waals surface area contributed by atoms with E-state index in [-0.39, 0.29) is 11.9 Å². The van der Waals surface area contributed by atoms with Gasteiger partial charge in [0.2, 0.25) is 5.91 Å². The van der Waals surface area contributed by atoms with Gasteiger partial charge in [-0.05, 0) is 25.7 Å². The molecule has 3 N–H and O–H groups in total. The monoisotopic (exact) mass is 267 g/mol. The van der Waals surface area contributed by atoms with Crippen molar-refractivity contribution in [2.75, 3.05) is 5.73 Å². The molecule has 100 valence electrons. The smallest absolute Gasteiger partial charge is 0.226 e. The second kappa shape index (κ2) is 6.18. The van der Waals surface area contributed by atoms with Gasteiger partial charge in [-0.1, -0.05) is 19.3 Å². The fraction of sp³-hybridized carbons (Fsp3) is 0.692. The van der Waals surface area contributed by atoms with Crippen LogP contribution in [0, 0.1) is 5.92 Å². The van der Waals surface area contributed by atoms with Crippen molar-refractivity contribution < 1.29 is 4.79 Å². The average Bonchev–Trinajstić information content (AvgIpc) is 2.75. The molecule has 1 aromatic heterocycles. The summed E-state index contributed by atoms with van der Waals surface area (Å²) < 4.78 is 0. The van der Waals surface area contributed by atoms with E-state index in [9.17, 15) is 4.79 Å². The third kappa shape index (κ3) is 3.70. The molecule has 1 aliphatic rings. The maximum absolute atomic E-state index is 11.9. The largest absolute Gasteiger partial charge is 0.375 e. The predicted octanol–water partition coefficient (Wildman–Crippen LogP) is 2.35. The zero-order chi connectivity index (χ0) is 13.0. The Kier molecular flexibility index (Phi) is 4.58. The molecule has 1 amide bonds. The van der Waals surface area contributed by atoms with Crippen LogP contribution in [0.2, 0.25) is 0 Å². The Bertz CT molecular complexity index is 399. The third-order valence-electron chi connectivity index (χ3n) is 3.66. The van der Waals surface area contributed by atoms with Crippen LogP contribution in [0.4, 0.5) is 5.13 Å². The summed E-state index contributed by atoms with van der Waals surface area (Å²) in [4.78, 5) is 16.0. The summed E-state index contributed by atoms with van der Waals surface area (Å²) in [5, 5.41) is 5.47. The van der Waals surface area contributed by atoms with Crippen LogP contribution in [0.3, 0.4) is 0 Å². The van der Waals surface area contributed by atoms with Gasteiger partial charge in [-0.25, -0.2) is 4.98 Å². The van der Waals surface area contributed by atoms with Gasteiger partial charge in [0, 0.05) is 11.4 Å². The van der Waals surface area contributed by atoms with Crippen LogP contribution >= 0.6 is 11.3 Å². The Balaban J connectivity index is 1.79. The van der Waals surface area contributed by atoms with E-state index < -0.39 is 0 Å². The van der Waals surface area contributed by atoms with Crippen molar-refractivity contribution in [3.05, 3.63) is 11.1 Å². The molecule has 1 aliphatic carbocycles. The van der Waals surface area contributed by atoms with Gasteiger partial charge in [-0.3, -0.25) is 4.79 Å². The highest BCUT2D eigenvalue weighted by Crippen LogP contribution is 2.26. The van der Waals surface area contributed by atoms with E-state index in [1.54, 1.807) is 0 Å². The number of hydrogen-bond acceptors (Lipinski definition) is 4. The molecule has 5 heteroatoms. The van der Waals surface area contributed by atoms with Crippen LogP contribution in [0.1, 0.15) is 44.7 Å². The normalized spacial score (nSPS) is 18.5. The first kappa shape index (κ1) is 13.3. The lowest BCUT2D eigenvalue weighted by atomic mass is 9.84. The minimum atomic E-state index is 0.0540. The number of carbonyl (C=O) groups is 1. The molecule has 18 heavy (non-hydrogen) atoms. The lowest BCUT2D eigenvalue weighted by molar-refractivity contribution is -0.121. The van der Waals surface area contributed by atoms with Crippen LogP contribution in [0.15, 0.2) is 5.38 Å². The summed E-state index contributed by atoms with van der Waals surface area (Å²) >= 11 is 1.38. The molecular formula is C13H21N3OS. The molecule has 1 aromatic rings. The number of hydrogen-bond donors (Lipinski definition) is 2. The lowest BCUT2D eigenvalue weighted by Crippen LogP contribution is -2.39. The molecule has 1 fully saturated rings. The fourth-order valence-electron chi connectivity index (χ4n) is 2.63. The SMILES string of the molecule is C[C@H](NC(=O)Cc1csc(N)n1)C1CCCCC1. The van der Waals surface area contributed by atoms with Gasteiger partial charge in [-0.15, -0.1) is 11.3 Å². The first-order chi connectivity index (χ1) is 8.65. The first-order valence-electron chi connectivity index (χ1n) is 6.64. The zero-order valence-electron chi connectivity index (χ0n) is 10.8. The summed E-state index contributed by atoms with van der Waals surface area (Å²) in [5.74, 6) is 0.696. The van der Waals surface area contributed by atoms with E-state index in [2.05, 4.69) is 17.2 Å². The Morgan fingerprint density at radius 3 is 2.89 bits per heavy atom. The van der Waals surface area contributed by atoms with Crippen molar-refractivity contribution in [1.29, 1.82) is 0 Å². The number of anilines is 1. The van der Waals surface area contributed by atoms with E-state index in [0.717, 1.165) is 5.69 Å². The molecule has 0 aromatic carbocycles. The quantitative estimate of drug-likeness (QED) is 0.880. The van der Waals surface area contributed by atoms with Gasteiger partial charge in [0.1, 0.15) is 0 Å².